The maximum atomic E-state index is 6.41. The van der Waals surface area contributed by atoms with Crippen molar-refractivity contribution in [1.29, 1.82) is 0 Å². The molecule has 0 bridgehead atoms. The molecule has 1 aliphatic heterocycles. The van der Waals surface area contributed by atoms with Crippen LogP contribution in [-0.2, 0) is 0 Å². The van der Waals surface area contributed by atoms with Crippen molar-refractivity contribution in [3.8, 4) is 11.3 Å². The standard InChI is InChI=1S/C19H24ClN5/c1-11-4-3-5-14(16(11)20)17-18(21)24-15(8-23-17)25-9-12-6-19(2,22)7-13(12)10-25/h3-5,8,12-13H,6-7,9-10,22H2,1-2H3,(H2,21,24)/t12-,13+,19-. The molecule has 0 amide bonds. The summed E-state index contributed by atoms with van der Waals surface area (Å²) in [7, 11) is 0. The van der Waals surface area contributed by atoms with E-state index in [0.717, 1.165) is 42.9 Å². The molecule has 132 valence electrons. The first-order valence-electron chi connectivity index (χ1n) is 8.76. The Labute approximate surface area is 153 Å². The molecule has 0 radical (unpaired) electrons. The van der Waals surface area contributed by atoms with Gasteiger partial charge in [-0.3, -0.25) is 0 Å². The number of halogens is 1. The molecule has 0 unspecified atom stereocenters. The van der Waals surface area contributed by atoms with Gasteiger partial charge in [-0.05, 0) is 44.1 Å². The van der Waals surface area contributed by atoms with E-state index in [4.69, 9.17) is 23.1 Å². The van der Waals surface area contributed by atoms with Crippen molar-refractivity contribution in [1.82, 2.24) is 9.97 Å². The van der Waals surface area contributed by atoms with Crippen molar-refractivity contribution < 1.29 is 0 Å². The van der Waals surface area contributed by atoms with E-state index in [2.05, 4.69) is 21.8 Å². The predicted octanol–water partition coefficient (Wildman–Crippen LogP) is 3.25. The zero-order valence-corrected chi connectivity index (χ0v) is 15.4. The maximum Gasteiger partial charge on any atom is 0.152 e. The highest BCUT2D eigenvalue weighted by Crippen LogP contribution is 2.43. The van der Waals surface area contributed by atoms with Gasteiger partial charge in [-0.15, -0.1) is 0 Å². The highest BCUT2D eigenvalue weighted by molar-refractivity contribution is 6.34. The van der Waals surface area contributed by atoms with Crippen LogP contribution in [0.1, 0.15) is 25.3 Å². The lowest BCUT2D eigenvalue weighted by Crippen LogP contribution is -2.35. The van der Waals surface area contributed by atoms with Crippen LogP contribution >= 0.6 is 11.6 Å². The monoisotopic (exact) mass is 357 g/mol. The number of aromatic nitrogens is 2. The third-order valence-corrected chi connectivity index (χ3v) is 6.09. The van der Waals surface area contributed by atoms with Crippen LogP contribution in [0.5, 0.6) is 0 Å². The van der Waals surface area contributed by atoms with E-state index in [1.165, 1.54) is 0 Å². The van der Waals surface area contributed by atoms with Gasteiger partial charge in [-0.1, -0.05) is 29.8 Å². The number of rotatable bonds is 2. The van der Waals surface area contributed by atoms with Crippen molar-refractivity contribution in [3.05, 3.63) is 35.0 Å². The summed E-state index contributed by atoms with van der Waals surface area (Å²) < 4.78 is 0. The number of hydrogen-bond donors (Lipinski definition) is 2. The Balaban J connectivity index is 1.58. The first-order chi connectivity index (χ1) is 11.8. The minimum Gasteiger partial charge on any atom is -0.382 e. The molecule has 2 aliphatic rings. The molecule has 1 aromatic carbocycles. The molecule has 5 nitrogen and oxygen atoms in total. The number of benzene rings is 1. The summed E-state index contributed by atoms with van der Waals surface area (Å²) in [5.41, 5.74) is 15.0. The van der Waals surface area contributed by atoms with Crippen LogP contribution < -0.4 is 16.4 Å². The fourth-order valence-corrected chi connectivity index (χ4v) is 4.67. The lowest BCUT2D eigenvalue weighted by molar-refractivity contribution is 0.449. The van der Waals surface area contributed by atoms with Crippen LogP contribution in [0.4, 0.5) is 11.6 Å². The molecule has 6 heteroatoms. The second-order valence-electron chi connectivity index (χ2n) is 7.89. The van der Waals surface area contributed by atoms with Crippen molar-refractivity contribution in [3.63, 3.8) is 0 Å². The third kappa shape index (κ3) is 2.96. The van der Waals surface area contributed by atoms with Gasteiger partial charge in [-0.2, -0.15) is 0 Å². The quantitative estimate of drug-likeness (QED) is 0.862. The fourth-order valence-electron chi connectivity index (χ4n) is 4.45. The number of anilines is 2. The second kappa shape index (κ2) is 5.85. The van der Waals surface area contributed by atoms with E-state index in [0.29, 0.717) is 28.4 Å². The Morgan fingerprint density at radius 1 is 1.24 bits per heavy atom. The van der Waals surface area contributed by atoms with Crippen LogP contribution in [0.3, 0.4) is 0 Å². The lowest BCUT2D eigenvalue weighted by Gasteiger charge is -2.23. The molecule has 1 saturated heterocycles. The first kappa shape index (κ1) is 16.6. The molecule has 2 aromatic rings. The highest BCUT2D eigenvalue weighted by atomic mass is 35.5. The minimum absolute atomic E-state index is 0.0160. The Bertz CT molecular complexity index is 803. The minimum atomic E-state index is -0.0160. The molecule has 4 rings (SSSR count). The maximum absolute atomic E-state index is 6.41. The van der Waals surface area contributed by atoms with Crippen LogP contribution in [0.25, 0.3) is 11.3 Å². The van der Waals surface area contributed by atoms with Crippen molar-refractivity contribution in [2.45, 2.75) is 32.2 Å². The van der Waals surface area contributed by atoms with Crippen LogP contribution in [0.2, 0.25) is 5.02 Å². The summed E-state index contributed by atoms with van der Waals surface area (Å²) in [5, 5.41) is 0.675. The van der Waals surface area contributed by atoms with E-state index >= 15 is 0 Å². The van der Waals surface area contributed by atoms with Crippen molar-refractivity contribution in [2.24, 2.45) is 17.6 Å². The molecule has 1 aromatic heterocycles. The van der Waals surface area contributed by atoms with Crippen LogP contribution in [0, 0.1) is 18.8 Å². The summed E-state index contributed by atoms with van der Waals surface area (Å²) in [6.45, 7) is 6.10. The van der Waals surface area contributed by atoms with Crippen LogP contribution in [-0.4, -0.2) is 28.6 Å². The van der Waals surface area contributed by atoms with Gasteiger partial charge in [0.2, 0.25) is 0 Å². The Morgan fingerprint density at radius 3 is 2.56 bits per heavy atom. The molecule has 1 saturated carbocycles. The van der Waals surface area contributed by atoms with E-state index in [-0.39, 0.29) is 5.54 Å². The van der Waals surface area contributed by atoms with Gasteiger partial charge in [0, 0.05) is 24.2 Å². The SMILES string of the molecule is Cc1cccc(-c2ncc(N3C[C@@H]4C[C@](C)(N)C[C@@H]4C3)nc2N)c1Cl. The van der Waals surface area contributed by atoms with Gasteiger partial charge < -0.3 is 16.4 Å². The number of fused-ring (bicyclic) bond motifs is 1. The van der Waals surface area contributed by atoms with Crippen LogP contribution in [0.15, 0.2) is 24.4 Å². The predicted molar refractivity (Wildman–Crippen MR) is 103 cm³/mol. The van der Waals surface area contributed by atoms with Gasteiger partial charge in [0.1, 0.15) is 11.5 Å². The Morgan fingerprint density at radius 2 is 1.92 bits per heavy atom. The molecular weight excluding hydrogens is 334 g/mol. The van der Waals surface area contributed by atoms with Crippen molar-refractivity contribution >= 4 is 23.2 Å². The Hall–Kier alpha value is -1.85. The van der Waals surface area contributed by atoms with Gasteiger partial charge in [0.25, 0.3) is 0 Å². The lowest BCUT2D eigenvalue weighted by atomic mass is 10.00. The van der Waals surface area contributed by atoms with Gasteiger partial charge in [-0.25, -0.2) is 9.97 Å². The zero-order chi connectivity index (χ0) is 17.8. The molecule has 1 aliphatic carbocycles. The zero-order valence-electron chi connectivity index (χ0n) is 14.7. The van der Waals surface area contributed by atoms with Gasteiger partial charge in [0.05, 0.1) is 11.2 Å². The van der Waals surface area contributed by atoms with E-state index < -0.39 is 0 Å². The normalized spacial score (nSPS) is 28.4. The fraction of sp³-hybridized carbons (Fsp3) is 0.474. The number of nitrogens with zero attached hydrogens (tertiary/aromatic N) is 3. The van der Waals surface area contributed by atoms with E-state index in [1.54, 1.807) is 0 Å². The molecule has 3 atom stereocenters. The highest BCUT2D eigenvalue weighted by Gasteiger charge is 2.45. The molecule has 2 heterocycles. The molecular formula is C19H24ClN5. The Kier molecular flexibility index (Phi) is 3.89. The van der Waals surface area contributed by atoms with Crippen molar-refractivity contribution in [2.75, 3.05) is 23.7 Å². The largest absolute Gasteiger partial charge is 0.382 e. The van der Waals surface area contributed by atoms with E-state index in [9.17, 15) is 0 Å². The third-order valence-electron chi connectivity index (χ3n) is 5.59. The number of aryl methyl sites for hydroxylation is 1. The second-order valence-corrected chi connectivity index (χ2v) is 8.26. The summed E-state index contributed by atoms with van der Waals surface area (Å²) in [4.78, 5) is 11.5. The summed E-state index contributed by atoms with van der Waals surface area (Å²) in [6.07, 6.45) is 3.97. The molecule has 0 spiro atoms. The first-order valence-corrected chi connectivity index (χ1v) is 9.14. The summed E-state index contributed by atoms with van der Waals surface area (Å²) >= 11 is 6.41. The summed E-state index contributed by atoms with van der Waals surface area (Å²) in [6, 6.07) is 5.85. The molecule has 25 heavy (non-hydrogen) atoms. The molecule has 4 N–H and O–H groups in total. The molecule has 2 fully saturated rings. The summed E-state index contributed by atoms with van der Waals surface area (Å²) in [5.74, 6) is 2.55. The van der Waals surface area contributed by atoms with E-state index in [1.807, 2.05) is 31.3 Å². The number of nitrogen functional groups attached to an aromatic ring is 1. The topological polar surface area (TPSA) is 81.1 Å². The average Bonchev–Trinajstić information content (AvgIpc) is 3.04. The number of hydrogen-bond acceptors (Lipinski definition) is 5. The number of nitrogens with two attached hydrogens (primary N) is 2. The van der Waals surface area contributed by atoms with Gasteiger partial charge >= 0.3 is 0 Å². The smallest absolute Gasteiger partial charge is 0.152 e. The van der Waals surface area contributed by atoms with Gasteiger partial charge in [0.15, 0.2) is 5.82 Å². The average molecular weight is 358 g/mol.